The van der Waals surface area contributed by atoms with Crippen LogP contribution in [0.5, 0.6) is 5.75 Å². The number of guanidine groups is 1. The van der Waals surface area contributed by atoms with Gasteiger partial charge in [-0.3, -0.25) is 0 Å². The van der Waals surface area contributed by atoms with Crippen LogP contribution in [-0.2, 0) is 6.54 Å². The van der Waals surface area contributed by atoms with Crippen LogP contribution in [-0.4, -0.2) is 30.8 Å². The molecule has 0 aliphatic heterocycles. The maximum absolute atomic E-state index is 13.9. The Labute approximate surface area is 166 Å². The molecule has 0 aliphatic carbocycles. The van der Waals surface area contributed by atoms with E-state index in [9.17, 15) is 18.3 Å². The van der Waals surface area contributed by atoms with E-state index in [-0.39, 0.29) is 24.4 Å². The highest BCUT2D eigenvalue weighted by Gasteiger charge is 2.11. The summed E-state index contributed by atoms with van der Waals surface area (Å²) in [5.41, 5.74) is 1.11. The van der Waals surface area contributed by atoms with E-state index < -0.39 is 18.5 Å². The summed E-state index contributed by atoms with van der Waals surface area (Å²) < 4.78 is 42.5. The van der Waals surface area contributed by atoms with Crippen molar-refractivity contribution < 1.29 is 23.0 Å². The first kappa shape index (κ1) is 22.0. The molecule has 2 rings (SSSR count). The fraction of sp³-hybridized carbons (Fsp3) is 0.300. The molecule has 6 nitrogen and oxygen atoms in total. The first-order valence-electron chi connectivity index (χ1n) is 8.86. The van der Waals surface area contributed by atoms with Gasteiger partial charge in [0.05, 0.1) is 24.3 Å². The van der Waals surface area contributed by atoms with E-state index in [1.165, 1.54) is 42.5 Å². The standard InChI is InChI=1S/C20H21F3N4O2/c1-2-25-20(26-11-15-9-13(10-24)3-8-17(15)21)27-12-18(28)14-4-6-16(7-5-14)29-19(22)23/h3-9,18-19,28H,2,11-12H2,1H3,(H2,25,26,27). The number of alkyl halides is 2. The Balaban J connectivity index is 1.99. The number of aliphatic hydroxyl groups is 1. The van der Waals surface area contributed by atoms with Gasteiger partial charge in [0, 0.05) is 18.7 Å². The molecule has 0 saturated carbocycles. The molecule has 3 N–H and O–H groups in total. The minimum absolute atomic E-state index is 0.000404. The number of hydrogen-bond donors (Lipinski definition) is 3. The molecular formula is C20H21F3N4O2. The molecule has 0 amide bonds. The minimum Gasteiger partial charge on any atom is -0.435 e. The monoisotopic (exact) mass is 406 g/mol. The van der Waals surface area contributed by atoms with Crippen LogP contribution in [0.3, 0.4) is 0 Å². The van der Waals surface area contributed by atoms with Crippen LogP contribution in [0.4, 0.5) is 13.2 Å². The van der Waals surface area contributed by atoms with Crippen molar-refractivity contribution in [1.82, 2.24) is 10.6 Å². The van der Waals surface area contributed by atoms with Crippen molar-refractivity contribution >= 4 is 5.96 Å². The molecule has 1 unspecified atom stereocenters. The largest absolute Gasteiger partial charge is 0.435 e. The van der Waals surface area contributed by atoms with E-state index in [2.05, 4.69) is 20.4 Å². The zero-order valence-electron chi connectivity index (χ0n) is 15.7. The van der Waals surface area contributed by atoms with Crippen LogP contribution in [0.1, 0.15) is 29.7 Å². The number of aliphatic imine (C=N–C) groups is 1. The molecule has 0 aliphatic rings. The molecule has 154 valence electrons. The molecule has 0 spiro atoms. The molecule has 0 aromatic heterocycles. The number of rotatable bonds is 8. The second-order valence-electron chi connectivity index (χ2n) is 5.96. The summed E-state index contributed by atoms with van der Waals surface area (Å²) >= 11 is 0. The van der Waals surface area contributed by atoms with Gasteiger partial charge in [-0.2, -0.15) is 14.0 Å². The van der Waals surface area contributed by atoms with Crippen LogP contribution in [0, 0.1) is 17.1 Å². The highest BCUT2D eigenvalue weighted by Crippen LogP contribution is 2.19. The van der Waals surface area contributed by atoms with Gasteiger partial charge in [0.25, 0.3) is 0 Å². The quantitative estimate of drug-likeness (QED) is 0.463. The number of hydrogen-bond acceptors (Lipinski definition) is 4. The Morgan fingerprint density at radius 3 is 2.55 bits per heavy atom. The van der Waals surface area contributed by atoms with Gasteiger partial charge in [-0.15, -0.1) is 0 Å². The average Bonchev–Trinajstić information content (AvgIpc) is 2.71. The predicted octanol–water partition coefficient (Wildman–Crippen LogP) is 3.09. The van der Waals surface area contributed by atoms with Gasteiger partial charge in [-0.25, -0.2) is 9.38 Å². The normalized spacial score (nSPS) is 12.4. The van der Waals surface area contributed by atoms with E-state index in [0.717, 1.165) is 0 Å². The lowest BCUT2D eigenvalue weighted by molar-refractivity contribution is -0.0498. The van der Waals surface area contributed by atoms with E-state index >= 15 is 0 Å². The van der Waals surface area contributed by atoms with Crippen molar-refractivity contribution in [2.45, 2.75) is 26.2 Å². The Hall–Kier alpha value is -3.25. The average molecular weight is 406 g/mol. The number of halogens is 3. The van der Waals surface area contributed by atoms with Crippen molar-refractivity contribution in [3.05, 3.63) is 65.0 Å². The van der Waals surface area contributed by atoms with E-state index in [0.29, 0.717) is 23.6 Å². The summed E-state index contributed by atoms with van der Waals surface area (Å²) in [5.74, 6) is -0.110. The van der Waals surface area contributed by atoms with Crippen LogP contribution in [0.15, 0.2) is 47.5 Å². The van der Waals surface area contributed by atoms with Crippen molar-refractivity contribution in [3.8, 4) is 11.8 Å². The van der Waals surface area contributed by atoms with E-state index in [1.807, 2.05) is 13.0 Å². The first-order valence-corrected chi connectivity index (χ1v) is 8.86. The second kappa shape index (κ2) is 10.9. The van der Waals surface area contributed by atoms with Gasteiger partial charge in [-0.1, -0.05) is 12.1 Å². The molecule has 9 heteroatoms. The lowest BCUT2D eigenvalue weighted by Gasteiger charge is -2.16. The summed E-state index contributed by atoms with van der Waals surface area (Å²) in [5, 5.41) is 25.1. The molecule has 2 aromatic rings. The van der Waals surface area contributed by atoms with E-state index in [1.54, 1.807) is 0 Å². The Kier molecular flexibility index (Phi) is 8.30. The Bertz CT molecular complexity index is 867. The second-order valence-corrected chi connectivity index (χ2v) is 5.96. The summed E-state index contributed by atoms with van der Waals surface area (Å²) in [6.07, 6.45) is -0.932. The molecule has 0 heterocycles. The lowest BCUT2D eigenvalue weighted by atomic mass is 10.1. The highest BCUT2D eigenvalue weighted by molar-refractivity contribution is 5.79. The highest BCUT2D eigenvalue weighted by atomic mass is 19.3. The molecule has 0 radical (unpaired) electrons. The lowest BCUT2D eigenvalue weighted by Crippen LogP contribution is -2.39. The van der Waals surface area contributed by atoms with Crippen molar-refractivity contribution in [2.24, 2.45) is 4.99 Å². The number of ether oxygens (including phenoxy) is 1. The van der Waals surface area contributed by atoms with Crippen molar-refractivity contribution in [1.29, 1.82) is 5.26 Å². The minimum atomic E-state index is -2.91. The SMILES string of the molecule is CCNC(=NCc1cc(C#N)ccc1F)NCC(O)c1ccc(OC(F)F)cc1. The third-order valence-corrected chi connectivity index (χ3v) is 3.88. The zero-order valence-corrected chi connectivity index (χ0v) is 15.7. The summed E-state index contributed by atoms with van der Waals surface area (Å²) in [6.45, 7) is -0.423. The summed E-state index contributed by atoms with van der Waals surface area (Å²) in [4.78, 5) is 4.26. The maximum Gasteiger partial charge on any atom is 0.387 e. The smallest absolute Gasteiger partial charge is 0.387 e. The molecule has 0 bridgehead atoms. The van der Waals surface area contributed by atoms with Crippen LogP contribution < -0.4 is 15.4 Å². The van der Waals surface area contributed by atoms with Gasteiger partial charge >= 0.3 is 6.61 Å². The summed E-state index contributed by atoms with van der Waals surface area (Å²) in [6, 6.07) is 11.6. The number of aliphatic hydroxyl groups excluding tert-OH is 1. The van der Waals surface area contributed by atoms with Gasteiger partial charge in [0.15, 0.2) is 5.96 Å². The number of nitrogens with zero attached hydrogens (tertiary/aromatic N) is 2. The van der Waals surface area contributed by atoms with Gasteiger partial charge < -0.3 is 20.5 Å². The van der Waals surface area contributed by atoms with Crippen LogP contribution in [0.2, 0.25) is 0 Å². The van der Waals surface area contributed by atoms with Gasteiger partial charge in [-0.05, 0) is 42.8 Å². The van der Waals surface area contributed by atoms with Crippen LogP contribution >= 0.6 is 0 Å². The fourth-order valence-corrected chi connectivity index (χ4v) is 2.45. The Morgan fingerprint density at radius 1 is 1.21 bits per heavy atom. The van der Waals surface area contributed by atoms with E-state index in [4.69, 9.17) is 5.26 Å². The third-order valence-electron chi connectivity index (χ3n) is 3.88. The van der Waals surface area contributed by atoms with Gasteiger partial charge in [0.1, 0.15) is 11.6 Å². The van der Waals surface area contributed by atoms with Crippen LogP contribution in [0.25, 0.3) is 0 Å². The fourth-order valence-electron chi connectivity index (χ4n) is 2.45. The molecular weight excluding hydrogens is 385 g/mol. The zero-order chi connectivity index (χ0) is 21.2. The predicted molar refractivity (Wildman–Crippen MR) is 102 cm³/mol. The van der Waals surface area contributed by atoms with Crippen molar-refractivity contribution in [3.63, 3.8) is 0 Å². The molecule has 2 aromatic carbocycles. The molecule has 0 saturated heterocycles. The number of nitrogens with one attached hydrogen (secondary N) is 2. The maximum atomic E-state index is 13.9. The number of benzene rings is 2. The topological polar surface area (TPSA) is 89.7 Å². The van der Waals surface area contributed by atoms with Crippen molar-refractivity contribution in [2.75, 3.05) is 13.1 Å². The number of nitriles is 1. The molecule has 0 fully saturated rings. The molecule has 1 atom stereocenters. The molecule has 29 heavy (non-hydrogen) atoms. The Morgan fingerprint density at radius 2 is 1.93 bits per heavy atom. The summed E-state index contributed by atoms with van der Waals surface area (Å²) in [7, 11) is 0. The first-order chi connectivity index (χ1) is 13.9. The third kappa shape index (κ3) is 7.01. The van der Waals surface area contributed by atoms with Gasteiger partial charge in [0.2, 0.25) is 0 Å².